The van der Waals surface area contributed by atoms with Gasteiger partial charge >= 0.3 is 0 Å². The fraction of sp³-hybridized carbons (Fsp3) is 0.250. The van der Waals surface area contributed by atoms with E-state index in [1.807, 2.05) is 30.5 Å². The number of carbonyl (C=O) groups is 1. The summed E-state index contributed by atoms with van der Waals surface area (Å²) in [4.78, 5) is 13.7. The number of carbonyl (C=O) groups excluding carboxylic acids is 1. The molecule has 0 saturated carbocycles. The summed E-state index contributed by atoms with van der Waals surface area (Å²) < 4.78 is 20.6. The van der Waals surface area contributed by atoms with Crippen LogP contribution in [0.1, 0.15) is 33.4 Å². The SMILES string of the molecule is CSc1ccc(CNC(=O)c2nnn3c2COC(c2ccc(F)cc2)C3)cc1. The second kappa shape index (κ2) is 8.12. The van der Waals surface area contributed by atoms with Crippen molar-refractivity contribution in [2.24, 2.45) is 0 Å². The first-order valence-corrected chi connectivity index (χ1v) is 10.1. The van der Waals surface area contributed by atoms with Crippen LogP contribution in [0.15, 0.2) is 53.4 Å². The van der Waals surface area contributed by atoms with Crippen LogP contribution in [0, 0.1) is 5.82 Å². The predicted octanol–water partition coefficient (Wildman–Crippen LogP) is 3.34. The molecular weight excluding hydrogens is 379 g/mol. The van der Waals surface area contributed by atoms with E-state index >= 15 is 0 Å². The van der Waals surface area contributed by atoms with Crippen LogP contribution < -0.4 is 5.32 Å². The van der Waals surface area contributed by atoms with Gasteiger partial charge in [-0.05, 0) is 41.6 Å². The zero-order valence-corrected chi connectivity index (χ0v) is 16.1. The molecule has 1 N–H and O–H groups in total. The molecule has 1 aromatic heterocycles. The molecule has 0 bridgehead atoms. The normalized spacial score (nSPS) is 15.9. The van der Waals surface area contributed by atoms with Crippen molar-refractivity contribution < 1.29 is 13.9 Å². The van der Waals surface area contributed by atoms with Gasteiger partial charge in [-0.3, -0.25) is 4.79 Å². The topological polar surface area (TPSA) is 69.0 Å². The Labute approximate surface area is 166 Å². The third-order valence-electron chi connectivity index (χ3n) is 4.67. The average molecular weight is 398 g/mol. The molecule has 0 saturated heterocycles. The first-order valence-electron chi connectivity index (χ1n) is 8.84. The van der Waals surface area contributed by atoms with Crippen molar-refractivity contribution in [2.75, 3.05) is 6.26 Å². The number of fused-ring (bicyclic) bond motifs is 1. The molecule has 8 heteroatoms. The molecule has 0 aliphatic carbocycles. The lowest BCUT2D eigenvalue weighted by Gasteiger charge is -2.24. The van der Waals surface area contributed by atoms with Gasteiger partial charge in [0.1, 0.15) is 11.9 Å². The molecule has 1 atom stereocenters. The Kier molecular flexibility index (Phi) is 5.40. The molecular formula is C20H19FN4O2S. The van der Waals surface area contributed by atoms with Crippen LogP contribution >= 0.6 is 11.8 Å². The lowest BCUT2D eigenvalue weighted by molar-refractivity contribution is -0.00180. The molecule has 0 fully saturated rings. The highest BCUT2D eigenvalue weighted by Gasteiger charge is 2.27. The number of hydrogen-bond acceptors (Lipinski definition) is 5. The second-order valence-electron chi connectivity index (χ2n) is 6.45. The molecule has 2 aromatic carbocycles. The highest BCUT2D eigenvalue weighted by molar-refractivity contribution is 7.98. The van der Waals surface area contributed by atoms with Crippen molar-refractivity contribution >= 4 is 17.7 Å². The standard InChI is InChI=1S/C20H19FN4O2S/c1-28-16-8-2-13(3-9-16)10-22-20(26)19-17-12-27-18(11-25(17)24-23-19)14-4-6-15(21)7-5-14/h2-9,18H,10-12H2,1H3,(H,22,26). The molecule has 28 heavy (non-hydrogen) atoms. The monoisotopic (exact) mass is 398 g/mol. The molecule has 0 radical (unpaired) electrons. The van der Waals surface area contributed by atoms with E-state index in [2.05, 4.69) is 15.6 Å². The Morgan fingerprint density at radius 3 is 2.71 bits per heavy atom. The summed E-state index contributed by atoms with van der Waals surface area (Å²) in [6.45, 7) is 1.07. The third-order valence-corrected chi connectivity index (χ3v) is 5.41. The maximum atomic E-state index is 13.1. The summed E-state index contributed by atoms with van der Waals surface area (Å²) >= 11 is 1.67. The van der Waals surface area contributed by atoms with Gasteiger partial charge in [0, 0.05) is 11.4 Å². The van der Waals surface area contributed by atoms with Crippen molar-refractivity contribution in [1.82, 2.24) is 20.3 Å². The van der Waals surface area contributed by atoms with Gasteiger partial charge < -0.3 is 10.1 Å². The first-order chi connectivity index (χ1) is 13.6. The van der Waals surface area contributed by atoms with Crippen LogP contribution in [0.3, 0.4) is 0 Å². The summed E-state index contributed by atoms with van der Waals surface area (Å²) in [7, 11) is 0. The van der Waals surface area contributed by atoms with Crippen molar-refractivity contribution in [3.05, 3.63) is 76.9 Å². The van der Waals surface area contributed by atoms with Gasteiger partial charge in [-0.25, -0.2) is 9.07 Å². The van der Waals surface area contributed by atoms with Crippen molar-refractivity contribution in [3.63, 3.8) is 0 Å². The van der Waals surface area contributed by atoms with E-state index < -0.39 is 0 Å². The Balaban J connectivity index is 1.41. The number of benzene rings is 2. The molecule has 1 unspecified atom stereocenters. The van der Waals surface area contributed by atoms with Gasteiger partial charge in [0.2, 0.25) is 0 Å². The van der Waals surface area contributed by atoms with Gasteiger partial charge in [-0.15, -0.1) is 16.9 Å². The van der Waals surface area contributed by atoms with Crippen molar-refractivity contribution in [3.8, 4) is 0 Å². The summed E-state index contributed by atoms with van der Waals surface area (Å²) in [6.07, 6.45) is 1.77. The number of rotatable bonds is 5. The Morgan fingerprint density at radius 2 is 2.00 bits per heavy atom. The van der Waals surface area contributed by atoms with Crippen LogP contribution in [-0.4, -0.2) is 27.2 Å². The minimum atomic E-state index is -0.289. The van der Waals surface area contributed by atoms with Crippen LogP contribution in [0.5, 0.6) is 0 Å². The number of thioether (sulfide) groups is 1. The third kappa shape index (κ3) is 3.93. The fourth-order valence-electron chi connectivity index (χ4n) is 3.08. The van der Waals surface area contributed by atoms with E-state index in [4.69, 9.17) is 4.74 Å². The number of aromatic nitrogens is 3. The highest BCUT2D eigenvalue weighted by Crippen LogP contribution is 2.27. The molecule has 4 rings (SSSR count). The van der Waals surface area contributed by atoms with Crippen LogP contribution in [0.4, 0.5) is 4.39 Å². The minimum Gasteiger partial charge on any atom is -0.365 e. The quantitative estimate of drug-likeness (QED) is 0.668. The molecule has 2 heterocycles. The van der Waals surface area contributed by atoms with E-state index in [9.17, 15) is 9.18 Å². The lowest BCUT2D eigenvalue weighted by Crippen LogP contribution is -2.27. The second-order valence-corrected chi connectivity index (χ2v) is 7.33. The van der Waals surface area contributed by atoms with Gasteiger partial charge in [-0.1, -0.05) is 29.5 Å². The lowest BCUT2D eigenvalue weighted by atomic mass is 10.1. The molecule has 6 nitrogen and oxygen atoms in total. The van der Waals surface area contributed by atoms with Crippen LogP contribution in [-0.2, 0) is 24.4 Å². The largest absolute Gasteiger partial charge is 0.365 e. The minimum absolute atomic E-state index is 0.222. The van der Waals surface area contributed by atoms with Gasteiger partial charge in [0.05, 0.1) is 18.8 Å². The molecule has 0 spiro atoms. The maximum Gasteiger partial charge on any atom is 0.274 e. The number of amides is 1. The zero-order chi connectivity index (χ0) is 19.5. The molecule has 3 aromatic rings. The first kappa shape index (κ1) is 18.6. The molecule has 1 aliphatic heterocycles. The van der Waals surface area contributed by atoms with Crippen LogP contribution in [0.2, 0.25) is 0 Å². The van der Waals surface area contributed by atoms with E-state index in [1.54, 1.807) is 28.6 Å². The Morgan fingerprint density at radius 1 is 1.25 bits per heavy atom. The molecule has 1 aliphatic rings. The number of ether oxygens (including phenoxy) is 1. The maximum absolute atomic E-state index is 13.1. The summed E-state index contributed by atoms with van der Waals surface area (Å²) in [5.41, 5.74) is 2.80. The van der Waals surface area contributed by atoms with E-state index in [-0.39, 0.29) is 30.1 Å². The summed E-state index contributed by atoms with van der Waals surface area (Å²) in [5.74, 6) is -0.568. The Hall–Kier alpha value is -2.71. The molecule has 144 valence electrons. The molecule has 1 amide bonds. The van der Waals surface area contributed by atoms with E-state index in [1.165, 1.54) is 17.0 Å². The van der Waals surface area contributed by atoms with Crippen molar-refractivity contribution in [1.29, 1.82) is 0 Å². The van der Waals surface area contributed by atoms with E-state index in [0.29, 0.717) is 18.8 Å². The number of halogens is 1. The predicted molar refractivity (Wildman–Crippen MR) is 103 cm³/mol. The van der Waals surface area contributed by atoms with Crippen molar-refractivity contribution in [2.45, 2.75) is 30.7 Å². The van der Waals surface area contributed by atoms with Gasteiger partial charge in [-0.2, -0.15) is 0 Å². The average Bonchev–Trinajstić information content (AvgIpc) is 3.16. The Bertz CT molecular complexity index is 973. The smallest absolute Gasteiger partial charge is 0.274 e. The highest BCUT2D eigenvalue weighted by atomic mass is 32.2. The number of nitrogens with zero attached hydrogens (tertiary/aromatic N) is 3. The van der Waals surface area contributed by atoms with E-state index in [0.717, 1.165) is 11.1 Å². The summed E-state index contributed by atoms with van der Waals surface area (Å²) in [6, 6.07) is 14.2. The number of nitrogens with one attached hydrogen (secondary N) is 1. The van der Waals surface area contributed by atoms with Gasteiger partial charge in [0.25, 0.3) is 5.91 Å². The van der Waals surface area contributed by atoms with Crippen LogP contribution in [0.25, 0.3) is 0 Å². The van der Waals surface area contributed by atoms with Gasteiger partial charge in [0.15, 0.2) is 5.69 Å². The number of hydrogen-bond donors (Lipinski definition) is 1. The summed E-state index contributed by atoms with van der Waals surface area (Å²) in [5, 5.41) is 11.0. The fourth-order valence-corrected chi connectivity index (χ4v) is 3.48. The zero-order valence-electron chi connectivity index (χ0n) is 15.3.